The molecule has 136 valence electrons. The molecule has 0 unspecified atom stereocenters. The Balaban J connectivity index is 1.64. The van der Waals surface area contributed by atoms with Crippen molar-refractivity contribution in [2.75, 3.05) is 19.6 Å². The first-order chi connectivity index (χ1) is 12.0. The van der Waals surface area contributed by atoms with Crippen LogP contribution < -0.4 is 16.0 Å². The lowest BCUT2D eigenvalue weighted by atomic mass is 9.98. The number of urea groups is 1. The van der Waals surface area contributed by atoms with E-state index in [1.807, 2.05) is 6.07 Å². The summed E-state index contributed by atoms with van der Waals surface area (Å²) in [6.45, 7) is 9.07. The number of aromatic nitrogens is 2. The predicted octanol–water partition coefficient (Wildman–Crippen LogP) is 2.87. The number of aryl methyl sites for hydroxylation is 1. The number of hydrogen-bond donors (Lipinski definition) is 4. The number of imidazole rings is 1. The van der Waals surface area contributed by atoms with E-state index in [1.165, 1.54) is 5.56 Å². The maximum Gasteiger partial charge on any atom is 0.315 e. The molecule has 3 rings (SSSR count). The minimum atomic E-state index is -0.138. The molecular formula is C19H29N5O. The van der Waals surface area contributed by atoms with Crippen LogP contribution in [0.4, 0.5) is 4.79 Å². The van der Waals surface area contributed by atoms with Crippen molar-refractivity contribution in [1.29, 1.82) is 0 Å². The lowest BCUT2D eigenvalue weighted by Crippen LogP contribution is -2.43. The summed E-state index contributed by atoms with van der Waals surface area (Å²) in [5, 5.41) is 9.47. The number of nitrogens with one attached hydrogen (secondary N) is 4. The molecule has 0 spiro atoms. The van der Waals surface area contributed by atoms with Crippen LogP contribution in [-0.2, 0) is 0 Å². The number of hydrogen-bond acceptors (Lipinski definition) is 3. The number of carbonyl (C=O) groups excluding carboxylic acids is 1. The van der Waals surface area contributed by atoms with Crippen LogP contribution in [0.15, 0.2) is 18.2 Å². The van der Waals surface area contributed by atoms with E-state index in [0.717, 1.165) is 49.3 Å². The molecule has 4 N–H and O–H groups in total. The third-order valence-electron chi connectivity index (χ3n) is 4.91. The molecule has 2 amide bonds. The van der Waals surface area contributed by atoms with Crippen molar-refractivity contribution in [3.63, 3.8) is 0 Å². The smallest absolute Gasteiger partial charge is 0.315 e. The Morgan fingerprint density at radius 1 is 1.32 bits per heavy atom. The van der Waals surface area contributed by atoms with Crippen molar-refractivity contribution in [2.45, 2.75) is 39.7 Å². The molecule has 1 aliphatic rings. The number of piperidine rings is 1. The van der Waals surface area contributed by atoms with E-state index >= 15 is 0 Å². The number of carbonyl (C=O) groups is 1. The fourth-order valence-corrected chi connectivity index (χ4v) is 3.36. The molecule has 1 fully saturated rings. The fraction of sp³-hybridized carbons (Fsp3) is 0.579. The maximum absolute atomic E-state index is 12.4. The second-order valence-corrected chi connectivity index (χ2v) is 7.41. The van der Waals surface area contributed by atoms with Crippen LogP contribution in [0, 0.1) is 18.8 Å². The molecule has 1 aromatic carbocycles. The van der Waals surface area contributed by atoms with Crippen molar-refractivity contribution in [3.05, 3.63) is 29.6 Å². The summed E-state index contributed by atoms with van der Waals surface area (Å²) in [6, 6.07) is 5.89. The summed E-state index contributed by atoms with van der Waals surface area (Å²) in [4.78, 5) is 20.4. The van der Waals surface area contributed by atoms with Crippen molar-refractivity contribution < 1.29 is 4.79 Å². The van der Waals surface area contributed by atoms with Gasteiger partial charge in [0.2, 0.25) is 0 Å². The Bertz CT molecular complexity index is 718. The summed E-state index contributed by atoms with van der Waals surface area (Å²) in [6.07, 6.45) is 2.24. The quantitative estimate of drug-likeness (QED) is 0.674. The molecule has 0 bridgehead atoms. The van der Waals surface area contributed by atoms with Crippen LogP contribution >= 0.6 is 0 Å². The Kier molecular flexibility index (Phi) is 5.58. The Hall–Kier alpha value is -2.08. The number of nitrogens with zero attached hydrogens (tertiary/aromatic N) is 1. The molecule has 2 heterocycles. The van der Waals surface area contributed by atoms with Crippen LogP contribution in [0.1, 0.15) is 44.1 Å². The Labute approximate surface area is 149 Å². The molecule has 1 saturated heterocycles. The average Bonchev–Trinajstić information content (AvgIpc) is 3.01. The number of fused-ring (bicyclic) bond motifs is 1. The van der Waals surface area contributed by atoms with Crippen molar-refractivity contribution in [2.24, 2.45) is 11.8 Å². The fourth-order valence-electron chi connectivity index (χ4n) is 3.36. The second-order valence-electron chi connectivity index (χ2n) is 7.41. The summed E-state index contributed by atoms with van der Waals surface area (Å²) >= 11 is 0. The molecule has 0 aliphatic carbocycles. The first-order valence-corrected chi connectivity index (χ1v) is 9.24. The highest BCUT2D eigenvalue weighted by atomic mass is 16.2. The highest BCUT2D eigenvalue weighted by Crippen LogP contribution is 2.22. The molecule has 1 aromatic heterocycles. The zero-order valence-electron chi connectivity index (χ0n) is 15.4. The molecule has 1 atom stereocenters. The van der Waals surface area contributed by atoms with Gasteiger partial charge >= 0.3 is 6.03 Å². The van der Waals surface area contributed by atoms with Gasteiger partial charge in [0.25, 0.3) is 0 Å². The van der Waals surface area contributed by atoms with E-state index in [0.29, 0.717) is 5.92 Å². The SMILES string of the molecule is Cc1ccc2nc([C@@H](NC(=O)NCC3CCNCC3)C(C)C)[nH]c2c1. The number of H-pyrrole nitrogens is 1. The van der Waals surface area contributed by atoms with E-state index in [9.17, 15) is 4.79 Å². The summed E-state index contributed by atoms with van der Waals surface area (Å²) in [5.74, 6) is 1.62. The first kappa shape index (κ1) is 17.7. The Morgan fingerprint density at radius 3 is 2.80 bits per heavy atom. The number of benzene rings is 1. The van der Waals surface area contributed by atoms with Crippen LogP contribution in [0.3, 0.4) is 0 Å². The number of amides is 2. The number of rotatable bonds is 5. The average molecular weight is 343 g/mol. The van der Waals surface area contributed by atoms with Gasteiger partial charge in [0.1, 0.15) is 5.82 Å². The summed E-state index contributed by atoms with van der Waals surface area (Å²) in [7, 11) is 0. The lowest BCUT2D eigenvalue weighted by molar-refractivity contribution is 0.228. The van der Waals surface area contributed by atoms with Gasteiger partial charge in [-0.2, -0.15) is 0 Å². The van der Waals surface area contributed by atoms with E-state index in [-0.39, 0.29) is 18.0 Å². The van der Waals surface area contributed by atoms with Crippen molar-refractivity contribution in [3.8, 4) is 0 Å². The normalized spacial score (nSPS) is 17.0. The van der Waals surface area contributed by atoms with E-state index < -0.39 is 0 Å². The van der Waals surface area contributed by atoms with Gasteiger partial charge in [-0.3, -0.25) is 0 Å². The van der Waals surface area contributed by atoms with E-state index in [4.69, 9.17) is 0 Å². The van der Waals surface area contributed by atoms with E-state index in [1.54, 1.807) is 0 Å². The molecule has 2 aromatic rings. The van der Waals surface area contributed by atoms with Gasteiger partial charge in [-0.25, -0.2) is 9.78 Å². The summed E-state index contributed by atoms with van der Waals surface area (Å²) in [5.41, 5.74) is 3.14. The van der Waals surface area contributed by atoms with Gasteiger partial charge < -0.3 is 20.9 Å². The highest BCUT2D eigenvalue weighted by molar-refractivity contribution is 5.77. The molecule has 6 heteroatoms. The molecule has 1 aliphatic heterocycles. The first-order valence-electron chi connectivity index (χ1n) is 9.24. The van der Waals surface area contributed by atoms with Crippen molar-refractivity contribution >= 4 is 17.1 Å². The van der Waals surface area contributed by atoms with Gasteiger partial charge in [0.05, 0.1) is 17.1 Å². The predicted molar refractivity (Wildman–Crippen MR) is 101 cm³/mol. The standard InChI is InChI=1S/C19H29N5O/c1-12(2)17(18-22-15-5-4-13(3)10-16(15)23-18)24-19(25)21-11-14-6-8-20-9-7-14/h4-5,10,12,14,17,20H,6-9,11H2,1-3H3,(H,22,23)(H2,21,24,25)/t17-/m0/s1. The molecule has 0 saturated carbocycles. The third-order valence-corrected chi connectivity index (χ3v) is 4.91. The monoisotopic (exact) mass is 343 g/mol. The van der Waals surface area contributed by atoms with Crippen LogP contribution in [0.2, 0.25) is 0 Å². The second kappa shape index (κ2) is 7.87. The third kappa shape index (κ3) is 4.51. The lowest BCUT2D eigenvalue weighted by Gasteiger charge is -2.24. The van der Waals surface area contributed by atoms with Crippen LogP contribution in [0.5, 0.6) is 0 Å². The van der Waals surface area contributed by atoms with Gasteiger partial charge in [0, 0.05) is 6.54 Å². The molecule has 6 nitrogen and oxygen atoms in total. The Morgan fingerprint density at radius 2 is 2.08 bits per heavy atom. The van der Waals surface area contributed by atoms with Gasteiger partial charge in [-0.1, -0.05) is 19.9 Å². The molecular weight excluding hydrogens is 314 g/mol. The van der Waals surface area contributed by atoms with E-state index in [2.05, 4.69) is 58.8 Å². The molecule has 25 heavy (non-hydrogen) atoms. The van der Waals surface area contributed by atoms with Crippen LogP contribution in [0.25, 0.3) is 11.0 Å². The maximum atomic E-state index is 12.4. The van der Waals surface area contributed by atoms with Gasteiger partial charge in [0.15, 0.2) is 0 Å². The zero-order valence-corrected chi connectivity index (χ0v) is 15.4. The minimum Gasteiger partial charge on any atom is -0.340 e. The largest absolute Gasteiger partial charge is 0.340 e. The topological polar surface area (TPSA) is 81.8 Å². The van der Waals surface area contributed by atoms with Crippen molar-refractivity contribution in [1.82, 2.24) is 25.9 Å². The minimum absolute atomic E-state index is 0.117. The van der Waals surface area contributed by atoms with Gasteiger partial charge in [-0.15, -0.1) is 0 Å². The zero-order chi connectivity index (χ0) is 17.8. The van der Waals surface area contributed by atoms with Crippen LogP contribution in [-0.4, -0.2) is 35.6 Å². The number of aromatic amines is 1. The van der Waals surface area contributed by atoms with Gasteiger partial charge in [-0.05, 0) is 62.4 Å². The highest BCUT2D eigenvalue weighted by Gasteiger charge is 2.22. The summed E-state index contributed by atoms with van der Waals surface area (Å²) < 4.78 is 0. The molecule has 0 radical (unpaired) electrons.